The minimum atomic E-state index is -0.0288. The number of amidine groups is 1. The van der Waals surface area contributed by atoms with Crippen LogP contribution < -0.4 is 10.5 Å². The number of benzene rings is 1. The number of para-hydroxylation sites is 1. The zero-order chi connectivity index (χ0) is 13.2. The van der Waals surface area contributed by atoms with Crippen LogP contribution in [0, 0.1) is 0 Å². The number of pyridine rings is 1. The van der Waals surface area contributed by atoms with E-state index in [0.29, 0.717) is 24.7 Å². The van der Waals surface area contributed by atoms with E-state index in [-0.39, 0.29) is 11.9 Å². The summed E-state index contributed by atoms with van der Waals surface area (Å²) < 4.78 is 10.8. The van der Waals surface area contributed by atoms with Crippen LogP contribution in [0.4, 0.5) is 0 Å². The Hall–Kier alpha value is -2.34. The predicted octanol–water partition coefficient (Wildman–Crippen LogP) is 1.11. The van der Waals surface area contributed by atoms with Crippen molar-refractivity contribution in [3.05, 3.63) is 35.9 Å². The molecule has 1 aliphatic rings. The molecular weight excluding hydrogens is 246 g/mol. The van der Waals surface area contributed by atoms with E-state index in [4.69, 9.17) is 20.4 Å². The molecule has 0 atom stereocenters. The third kappa shape index (κ3) is 2.17. The molecule has 98 valence electrons. The normalized spacial score (nSPS) is 16.3. The van der Waals surface area contributed by atoms with E-state index in [2.05, 4.69) is 10.1 Å². The number of oxime groups is 1. The molecule has 0 amide bonds. The minimum Gasteiger partial charge on any atom is -0.469 e. The average Bonchev–Trinajstić information content (AvgIpc) is 2.41. The van der Waals surface area contributed by atoms with Gasteiger partial charge in [-0.05, 0) is 12.1 Å². The van der Waals surface area contributed by atoms with Gasteiger partial charge in [-0.25, -0.2) is 4.98 Å². The third-order valence-electron chi connectivity index (χ3n) is 2.96. The van der Waals surface area contributed by atoms with Crippen molar-refractivity contribution in [2.45, 2.75) is 6.10 Å². The van der Waals surface area contributed by atoms with Crippen LogP contribution in [0.15, 0.2) is 35.5 Å². The lowest BCUT2D eigenvalue weighted by molar-refractivity contribution is -0.0812. The van der Waals surface area contributed by atoms with Gasteiger partial charge >= 0.3 is 0 Å². The molecule has 3 rings (SSSR count). The number of nitrogens with two attached hydrogens (primary N) is 1. The Kier molecular flexibility index (Phi) is 2.92. The summed E-state index contributed by atoms with van der Waals surface area (Å²) in [5, 5.41) is 12.8. The van der Waals surface area contributed by atoms with E-state index in [1.807, 2.05) is 24.3 Å². The Morgan fingerprint density at radius 3 is 2.89 bits per heavy atom. The number of aromatic nitrogens is 1. The molecule has 1 fully saturated rings. The molecule has 3 N–H and O–H groups in total. The van der Waals surface area contributed by atoms with Crippen molar-refractivity contribution >= 4 is 16.7 Å². The lowest BCUT2D eigenvalue weighted by Gasteiger charge is -2.27. The summed E-state index contributed by atoms with van der Waals surface area (Å²) in [4.78, 5) is 4.42. The Labute approximate surface area is 109 Å². The molecule has 19 heavy (non-hydrogen) atoms. The summed E-state index contributed by atoms with van der Waals surface area (Å²) in [7, 11) is 0. The summed E-state index contributed by atoms with van der Waals surface area (Å²) >= 11 is 0. The van der Waals surface area contributed by atoms with Crippen molar-refractivity contribution in [1.29, 1.82) is 0 Å². The second kappa shape index (κ2) is 4.74. The summed E-state index contributed by atoms with van der Waals surface area (Å²) in [6.07, 6.45) is -0.0288. The van der Waals surface area contributed by atoms with Crippen LogP contribution in [-0.4, -0.2) is 35.3 Å². The Morgan fingerprint density at radius 2 is 2.21 bits per heavy atom. The van der Waals surface area contributed by atoms with Crippen molar-refractivity contribution in [3.63, 3.8) is 0 Å². The van der Waals surface area contributed by atoms with Gasteiger partial charge in [0.25, 0.3) is 0 Å². The van der Waals surface area contributed by atoms with Crippen LogP contribution in [0.25, 0.3) is 10.9 Å². The van der Waals surface area contributed by atoms with Crippen LogP contribution in [0.3, 0.4) is 0 Å². The largest absolute Gasteiger partial charge is 0.469 e. The average molecular weight is 259 g/mol. The van der Waals surface area contributed by atoms with Crippen LogP contribution in [0.5, 0.6) is 5.88 Å². The maximum atomic E-state index is 8.84. The summed E-state index contributed by atoms with van der Waals surface area (Å²) in [6, 6.07) is 9.39. The second-order valence-electron chi connectivity index (χ2n) is 4.30. The maximum Gasteiger partial charge on any atom is 0.225 e. The van der Waals surface area contributed by atoms with Gasteiger partial charge in [0.15, 0.2) is 5.84 Å². The van der Waals surface area contributed by atoms with Crippen molar-refractivity contribution in [2.24, 2.45) is 10.9 Å². The molecule has 1 aromatic heterocycles. The lowest BCUT2D eigenvalue weighted by atomic mass is 10.1. The van der Waals surface area contributed by atoms with E-state index in [9.17, 15) is 0 Å². The fourth-order valence-electron chi connectivity index (χ4n) is 1.87. The Morgan fingerprint density at radius 1 is 1.42 bits per heavy atom. The van der Waals surface area contributed by atoms with Gasteiger partial charge in [-0.2, -0.15) is 0 Å². The molecular formula is C13H13N3O3. The molecule has 2 heterocycles. The molecule has 0 aliphatic carbocycles. The molecule has 6 nitrogen and oxygen atoms in total. The van der Waals surface area contributed by atoms with Crippen LogP contribution >= 0.6 is 0 Å². The first-order valence-electron chi connectivity index (χ1n) is 5.90. The van der Waals surface area contributed by atoms with Gasteiger partial charge in [-0.15, -0.1) is 0 Å². The monoisotopic (exact) mass is 259 g/mol. The van der Waals surface area contributed by atoms with Crippen LogP contribution in [0.1, 0.15) is 5.56 Å². The summed E-state index contributed by atoms with van der Waals surface area (Å²) in [6.45, 7) is 1.06. The Bertz CT molecular complexity index is 638. The predicted molar refractivity (Wildman–Crippen MR) is 69.5 cm³/mol. The Balaban J connectivity index is 2.09. The highest BCUT2D eigenvalue weighted by atomic mass is 16.6. The van der Waals surface area contributed by atoms with E-state index < -0.39 is 0 Å². The van der Waals surface area contributed by atoms with E-state index in [1.165, 1.54) is 0 Å². The van der Waals surface area contributed by atoms with Gasteiger partial charge in [0.2, 0.25) is 5.88 Å². The van der Waals surface area contributed by atoms with Gasteiger partial charge in [0.05, 0.1) is 24.3 Å². The molecule has 2 aromatic rings. The highest BCUT2D eigenvalue weighted by molar-refractivity contribution is 6.02. The summed E-state index contributed by atoms with van der Waals surface area (Å²) in [5.41, 5.74) is 6.95. The zero-order valence-electron chi connectivity index (χ0n) is 10.1. The van der Waals surface area contributed by atoms with Gasteiger partial charge in [-0.3, -0.25) is 0 Å². The van der Waals surface area contributed by atoms with Gasteiger partial charge in [-0.1, -0.05) is 23.4 Å². The SMILES string of the molecule is N/C(=N/O)c1cc2ccccc2nc1OC1COC1. The topological polar surface area (TPSA) is 90.0 Å². The van der Waals surface area contributed by atoms with Crippen molar-refractivity contribution < 1.29 is 14.7 Å². The lowest BCUT2D eigenvalue weighted by Crippen LogP contribution is -2.39. The number of fused-ring (bicyclic) bond motifs is 1. The quantitative estimate of drug-likeness (QED) is 0.373. The van der Waals surface area contributed by atoms with Gasteiger partial charge in [0, 0.05) is 5.39 Å². The van der Waals surface area contributed by atoms with Crippen LogP contribution in [0.2, 0.25) is 0 Å². The second-order valence-corrected chi connectivity index (χ2v) is 4.30. The standard InChI is InChI=1S/C13H13N3O3/c14-12(16-17)10-5-8-3-1-2-4-11(8)15-13(10)19-9-6-18-7-9/h1-5,9,17H,6-7H2,(H2,14,16). The van der Waals surface area contributed by atoms with E-state index in [1.54, 1.807) is 6.07 Å². The smallest absolute Gasteiger partial charge is 0.225 e. The molecule has 0 radical (unpaired) electrons. The van der Waals surface area contributed by atoms with E-state index in [0.717, 1.165) is 10.9 Å². The maximum absolute atomic E-state index is 8.84. The first kappa shape index (κ1) is 11.7. The molecule has 1 aliphatic heterocycles. The van der Waals surface area contributed by atoms with Crippen molar-refractivity contribution in [1.82, 2.24) is 4.98 Å². The van der Waals surface area contributed by atoms with Gasteiger partial charge < -0.3 is 20.4 Å². The molecule has 1 aromatic carbocycles. The molecule has 0 saturated carbocycles. The number of nitrogens with zero attached hydrogens (tertiary/aromatic N) is 2. The van der Waals surface area contributed by atoms with Gasteiger partial charge in [0.1, 0.15) is 6.10 Å². The molecule has 6 heteroatoms. The molecule has 0 spiro atoms. The number of ether oxygens (including phenoxy) is 2. The molecule has 0 unspecified atom stereocenters. The minimum absolute atomic E-state index is 0.0199. The van der Waals surface area contributed by atoms with E-state index >= 15 is 0 Å². The third-order valence-corrected chi connectivity index (χ3v) is 2.96. The highest BCUT2D eigenvalue weighted by Crippen LogP contribution is 2.24. The fourth-order valence-corrected chi connectivity index (χ4v) is 1.87. The fraction of sp³-hybridized carbons (Fsp3) is 0.231. The first-order valence-corrected chi connectivity index (χ1v) is 5.90. The van der Waals surface area contributed by atoms with Crippen molar-refractivity contribution in [3.8, 4) is 5.88 Å². The first-order chi connectivity index (χ1) is 9.28. The zero-order valence-corrected chi connectivity index (χ0v) is 10.1. The highest BCUT2D eigenvalue weighted by Gasteiger charge is 2.23. The summed E-state index contributed by atoms with van der Waals surface area (Å²) in [5.74, 6) is 0.343. The molecule has 1 saturated heterocycles. The number of hydrogen-bond acceptors (Lipinski definition) is 5. The molecule has 0 bridgehead atoms. The number of rotatable bonds is 3. The van der Waals surface area contributed by atoms with Crippen molar-refractivity contribution in [2.75, 3.05) is 13.2 Å². The van der Waals surface area contributed by atoms with Crippen LogP contribution in [-0.2, 0) is 4.74 Å². The number of hydrogen-bond donors (Lipinski definition) is 2.